The summed E-state index contributed by atoms with van der Waals surface area (Å²) in [5.41, 5.74) is 0.936. The van der Waals surface area contributed by atoms with Crippen molar-refractivity contribution in [1.29, 1.82) is 0 Å². The monoisotopic (exact) mass is 296 g/mol. The molecule has 0 saturated heterocycles. The second kappa shape index (κ2) is 6.19. The molecule has 0 saturated carbocycles. The van der Waals surface area contributed by atoms with Crippen LogP contribution in [0.2, 0.25) is 0 Å². The molecule has 0 radical (unpaired) electrons. The van der Waals surface area contributed by atoms with Crippen LogP contribution >= 0.6 is 0 Å². The normalized spacial score (nSPS) is 11.7. The molecule has 1 aromatic carbocycles. The predicted molar refractivity (Wildman–Crippen MR) is 73.0 cm³/mol. The summed E-state index contributed by atoms with van der Waals surface area (Å²) in [5.74, 6) is 1.26. The quantitative estimate of drug-likeness (QED) is 0.728. The minimum atomic E-state index is -3.64. The highest BCUT2D eigenvalue weighted by atomic mass is 32.2. The van der Waals surface area contributed by atoms with Crippen molar-refractivity contribution in [1.82, 2.24) is 5.32 Å². The van der Waals surface area contributed by atoms with E-state index in [-0.39, 0.29) is 11.5 Å². The fourth-order valence-corrected chi connectivity index (χ4v) is 2.24. The van der Waals surface area contributed by atoms with Crippen LogP contribution in [0.1, 0.15) is 17.1 Å². The highest BCUT2D eigenvalue weighted by Crippen LogP contribution is 2.10. The van der Waals surface area contributed by atoms with Crippen molar-refractivity contribution in [2.24, 2.45) is 5.14 Å². The maximum atomic E-state index is 11.1. The second-order valence-electron chi connectivity index (χ2n) is 4.32. The van der Waals surface area contributed by atoms with E-state index in [1.165, 1.54) is 12.1 Å². The molecule has 0 aliphatic heterocycles. The fourth-order valence-electron chi connectivity index (χ4n) is 1.73. The van der Waals surface area contributed by atoms with Crippen molar-refractivity contribution >= 4 is 10.0 Å². The summed E-state index contributed by atoms with van der Waals surface area (Å²) >= 11 is 0. The van der Waals surface area contributed by atoms with Crippen LogP contribution in [-0.2, 0) is 29.7 Å². The van der Waals surface area contributed by atoms with Crippen molar-refractivity contribution < 1.29 is 17.9 Å². The summed E-state index contributed by atoms with van der Waals surface area (Å²) in [5, 5.41) is 17.1. The van der Waals surface area contributed by atoms with E-state index in [4.69, 9.17) is 14.7 Å². The molecular formula is C13H16N2O4S. The zero-order chi connectivity index (χ0) is 14.6. The maximum Gasteiger partial charge on any atom is 0.238 e. The zero-order valence-electron chi connectivity index (χ0n) is 10.7. The highest BCUT2D eigenvalue weighted by molar-refractivity contribution is 7.89. The van der Waals surface area contributed by atoms with Gasteiger partial charge in [-0.05, 0) is 29.8 Å². The molecule has 108 valence electrons. The van der Waals surface area contributed by atoms with Crippen molar-refractivity contribution in [3.63, 3.8) is 0 Å². The molecular weight excluding hydrogens is 280 g/mol. The van der Waals surface area contributed by atoms with Gasteiger partial charge < -0.3 is 14.8 Å². The largest absolute Gasteiger partial charge is 0.462 e. The number of nitrogens with two attached hydrogens (primary N) is 1. The molecule has 4 N–H and O–H groups in total. The van der Waals surface area contributed by atoms with Gasteiger partial charge in [0.1, 0.15) is 18.1 Å². The number of primary sulfonamides is 1. The molecule has 0 unspecified atom stereocenters. The number of hydrogen-bond donors (Lipinski definition) is 3. The molecule has 0 atom stereocenters. The number of sulfonamides is 1. The van der Waals surface area contributed by atoms with Gasteiger partial charge in [-0.1, -0.05) is 12.1 Å². The van der Waals surface area contributed by atoms with Crippen LogP contribution in [0, 0.1) is 0 Å². The third kappa shape index (κ3) is 3.91. The van der Waals surface area contributed by atoms with E-state index in [0.717, 1.165) is 11.3 Å². The minimum Gasteiger partial charge on any atom is -0.462 e. The van der Waals surface area contributed by atoms with Gasteiger partial charge in [-0.15, -0.1) is 0 Å². The van der Waals surface area contributed by atoms with E-state index in [0.29, 0.717) is 18.8 Å². The third-order valence-electron chi connectivity index (χ3n) is 2.75. The first-order chi connectivity index (χ1) is 9.49. The lowest BCUT2D eigenvalue weighted by Gasteiger charge is -2.04. The number of nitrogens with one attached hydrogen (secondary N) is 1. The average molecular weight is 296 g/mol. The first kappa shape index (κ1) is 14.7. The number of aliphatic hydroxyl groups excluding tert-OH is 1. The topological polar surface area (TPSA) is 106 Å². The molecule has 6 nitrogen and oxygen atoms in total. The van der Waals surface area contributed by atoms with Crippen molar-refractivity contribution in [2.45, 2.75) is 24.6 Å². The van der Waals surface area contributed by atoms with E-state index in [1.54, 1.807) is 24.3 Å². The summed E-state index contributed by atoms with van der Waals surface area (Å²) in [6, 6.07) is 9.87. The average Bonchev–Trinajstić information content (AvgIpc) is 2.86. The van der Waals surface area contributed by atoms with Gasteiger partial charge in [-0.3, -0.25) is 0 Å². The van der Waals surface area contributed by atoms with Crippen LogP contribution in [0.4, 0.5) is 0 Å². The summed E-state index contributed by atoms with van der Waals surface area (Å²) in [4.78, 5) is 0.0971. The first-order valence-corrected chi connectivity index (χ1v) is 7.54. The predicted octanol–water partition coefficient (Wildman–Crippen LogP) is 0.709. The number of benzene rings is 1. The van der Waals surface area contributed by atoms with Gasteiger partial charge in [0.2, 0.25) is 10.0 Å². The second-order valence-corrected chi connectivity index (χ2v) is 5.88. The Hall–Kier alpha value is -1.67. The summed E-state index contributed by atoms with van der Waals surface area (Å²) in [6.07, 6.45) is 0. The number of rotatable bonds is 6. The Kier molecular flexibility index (Phi) is 4.56. The van der Waals surface area contributed by atoms with Gasteiger partial charge >= 0.3 is 0 Å². The zero-order valence-corrected chi connectivity index (χ0v) is 11.6. The molecule has 0 fully saturated rings. The molecule has 1 aromatic heterocycles. The molecule has 0 aliphatic rings. The van der Waals surface area contributed by atoms with Crippen molar-refractivity contribution in [2.75, 3.05) is 0 Å². The Morgan fingerprint density at radius 1 is 1.05 bits per heavy atom. The number of hydrogen-bond acceptors (Lipinski definition) is 5. The third-order valence-corrected chi connectivity index (χ3v) is 3.68. The summed E-state index contributed by atoms with van der Waals surface area (Å²) < 4.78 is 27.5. The molecule has 2 aromatic rings. The van der Waals surface area contributed by atoms with Crippen LogP contribution < -0.4 is 10.5 Å². The summed E-state index contributed by atoms with van der Waals surface area (Å²) in [7, 11) is -3.64. The van der Waals surface area contributed by atoms with E-state index in [9.17, 15) is 8.42 Å². The Balaban J connectivity index is 1.88. The van der Waals surface area contributed by atoms with Gasteiger partial charge in [0.15, 0.2) is 0 Å². The molecule has 1 heterocycles. The lowest BCUT2D eigenvalue weighted by Crippen LogP contribution is -2.14. The SMILES string of the molecule is NS(=O)(=O)c1ccc(CNCc2ccc(CO)o2)cc1. The van der Waals surface area contributed by atoms with Gasteiger partial charge in [0.05, 0.1) is 11.4 Å². The Bertz CT molecular complexity index is 662. The van der Waals surface area contributed by atoms with Crippen LogP contribution in [0.15, 0.2) is 45.7 Å². The van der Waals surface area contributed by atoms with Crippen LogP contribution in [0.25, 0.3) is 0 Å². The fraction of sp³-hybridized carbons (Fsp3) is 0.231. The molecule has 0 spiro atoms. The molecule has 2 rings (SSSR count). The summed E-state index contributed by atoms with van der Waals surface area (Å²) in [6.45, 7) is 0.978. The minimum absolute atomic E-state index is 0.0971. The Labute approximate surface area is 117 Å². The highest BCUT2D eigenvalue weighted by Gasteiger charge is 2.06. The lowest BCUT2D eigenvalue weighted by atomic mass is 10.2. The van der Waals surface area contributed by atoms with Crippen LogP contribution in [0.5, 0.6) is 0 Å². The van der Waals surface area contributed by atoms with Gasteiger partial charge in [0, 0.05) is 6.54 Å². The smallest absolute Gasteiger partial charge is 0.238 e. The first-order valence-electron chi connectivity index (χ1n) is 6.00. The molecule has 0 aliphatic carbocycles. The molecule has 7 heteroatoms. The van der Waals surface area contributed by atoms with Crippen LogP contribution in [-0.4, -0.2) is 13.5 Å². The van der Waals surface area contributed by atoms with Gasteiger partial charge in [-0.2, -0.15) is 0 Å². The van der Waals surface area contributed by atoms with Gasteiger partial charge in [-0.25, -0.2) is 13.6 Å². The lowest BCUT2D eigenvalue weighted by molar-refractivity contribution is 0.242. The van der Waals surface area contributed by atoms with Gasteiger partial charge in [0.25, 0.3) is 0 Å². The van der Waals surface area contributed by atoms with Crippen LogP contribution in [0.3, 0.4) is 0 Å². The Morgan fingerprint density at radius 3 is 2.25 bits per heavy atom. The number of aliphatic hydroxyl groups is 1. The Morgan fingerprint density at radius 2 is 1.70 bits per heavy atom. The molecule has 0 bridgehead atoms. The molecule has 0 amide bonds. The van der Waals surface area contributed by atoms with E-state index in [2.05, 4.69) is 5.32 Å². The maximum absolute atomic E-state index is 11.1. The molecule has 20 heavy (non-hydrogen) atoms. The van der Waals surface area contributed by atoms with Crippen molar-refractivity contribution in [3.05, 3.63) is 53.5 Å². The van der Waals surface area contributed by atoms with E-state index in [1.807, 2.05) is 0 Å². The number of furan rings is 1. The van der Waals surface area contributed by atoms with E-state index >= 15 is 0 Å². The van der Waals surface area contributed by atoms with E-state index < -0.39 is 10.0 Å². The standard InChI is InChI=1S/C13H16N2O4S/c14-20(17,18)13-5-1-10(2-6-13)7-15-8-11-3-4-12(9-16)19-11/h1-6,15-16H,7-9H2,(H2,14,17,18). The van der Waals surface area contributed by atoms with Crippen molar-refractivity contribution in [3.8, 4) is 0 Å².